The first-order valence-corrected chi connectivity index (χ1v) is 4.49. The molecule has 0 saturated carbocycles. The molecule has 0 saturated heterocycles. The second-order valence-electron chi connectivity index (χ2n) is 2.21. The first kappa shape index (κ1) is 10.2. The molecule has 1 aromatic rings. The summed E-state index contributed by atoms with van der Waals surface area (Å²) in [6.45, 7) is 0. The number of carbonyl (C=O) groups is 1. The molecule has 3 nitrogen and oxygen atoms in total. The Hall–Kier alpha value is -0.870. The molecule has 0 aromatic carbocycles. The maximum atomic E-state index is 10.2. The van der Waals surface area contributed by atoms with Gasteiger partial charge >= 0.3 is 5.97 Å². The molecule has 68 valence electrons. The predicted molar refractivity (Wildman–Crippen MR) is 53.6 cm³/mol. The van der Waals surface area contributed by atoms with Crippen LogP contribution in [0.25, 0.3) is 6.08 Å². The van der Waals surface area contributed by atoms with Gasteiger partial charge in [-0.1, -0.05) is 11.6 Å². The molecule has 0 atom stereocenters. The number of hydrogen-bond acceptors (Lipinski definition) is 2. The molecular weight excluding hydrogens is 257 g/mol. The Morgan fingerprint density at radius 2 is 2.38 bits per heavy atom. The Labute approximate surface area is 88.2 Å². The Bertz CT molecular complexity index is 365. The summed E-state index contributed by atoms with van der Waals surface area (Å²) >= 11 is 8.90. The fourth-order valence-electron chi connectivity index (χ4n) is 0.716. The van der Waals surface area contributed by atoms with E-state index in [-0.39, 0.29) is 5.15 Å². The summed E-state index contributed by atoms with van der Waals surface area (Å²) in [4.78, 5) is 14.0. The first-order chi connectivity index (χ1) is 6.09. The predicted octanol–water partition coefficient (Wildman–Crippen LogP) is 2.60. The number of aliphatic carboxylic acids is 1. The number of carboxylic acids is 1. The molecule has 0 aliphatic rings. The Morgan fingerprint density at radius 3 is 3.00 bits per heavy atom. The number of carboxylic acid groups (broad SMARTS) is 1. The Morgan fingerprint density at radius 1 is 1.69 bits per heavy atom. The van der Waals surface area contributed by atoms with Gasteiger partial charge in [-0.25, -0.2) is 9.78 Å². The third-order valence-electron chi connectivity index (χ3n) is 1.24. The van der Waals surface area contributed by atoms with Crippen LogP contribution in [-0.4, -0.2) is 16.1 Å². The van der Waals surface area contributed by atoms with E-state index in [1.165, 1.54) is 6.08 Å². The lowest BCUT2D eigenvalue weighted by Crippen LogP contribution is -1.87. The van der Waals surface area contributed by atoms with E-state index in [2.05, 4.69) is 20.9 Å². The van der Waals surface area contributed by atoms with Gasteiger partial charge in [-0.05, 0) is 28.1 Å². The molecule has 0 spiro atoms. The molecule has 0 unspecified atom stereocenters. The van der Waals surface area contributed by atoms with Crippen molar-refractivity contribution in [2.75, 3.05) is 0 Å². The SMILES string of the molecule is O=C(O)/C=C/c1cc(Br)cnc1Cl. The van der Waals surface area contributed by atoms with Gasteiger partial charge in [0.05, 0.1) is 0 Å². The quantitative estimate of drug-likeness (QED) is 0.658. The van der Waals surface area contributed by atoms with Crippen LogP contribution in [0.15, 0.2) is 22.8 Å². The topological polar surface area (TPSA) is 50.2 Å². The molecule has 0 bridgehead atoms. The lowest BCUT2D eigenvalue weighted by atomic mass is 10.2. The lowest BCUT2D eigenvalue weighted by molar-refractivity contribution is -0.131. The minimum atomic E-state index is -1.02. The average Bonchev–Trinajstić information content (AvgIpc) is 2.06. The van der Waals surface area contributed by atoms with Gasteiger partial charge < -0.3 is 5.11 Å². The normalized spacial score (nSPS) is 10.6. The van der Waals surface area contributed by atoms with Crippen LogP contribution in [0.3, 0.4) is 0 Å². The van der Waals surface area contributed by atoms with Gasteiger partial charge in [0.2, 0.25) is 0 Å². The highest BCUT2D eigenvalue weighted by atomic mass is 79.9. The van der Waals surface area contributed by atoms with E-state index in [0.717, 1.165) is 10.5 Å². The highest BCUT2D eigenvalue weighted by molar-refractivity contribution is 9.10. The molecular formula is C8H5BrClNO2. The Balaban J connectivity index is 3.00. The van der Waals surface area contributed by atoms with Crippen LogP contribution < -0.4 is 0 Å². The van der Waals surface area contributed by atoms with Crippen molar-refractivity contribution in [2.45, 2.75) is 0 Å². The van der Waals surface area contributed by atoms with Crippen LogP contribution in [-0.2, 0) is 4.79 Å². The number of rotatable bonds is 2. The molecule has 13 heavy (non-hydrogen) atoms. The zero-order chi connectivity index (χ0) is 9.84. The first-order valence-electron chi connectivity index (χ1n) is 3.31. The van der Waals surface area contributed by atoms with Crippen molar-refractivity contribution >= 4 is 39.6 Å². The molecule has 0 amide bonds. The summed E-state index contributed by atoms with van der Waals surface area (Å²) < 4.78 is 0.752. The minimum Gasteiger partial charge on any atom is -0.478 e. The zero-order valence-electron chi connectivity index (χ0n) is 6.37. The minimum absolute atomic E-state index is 0.278. The van der Waals surface area contributed by atoms with Crippen LogP contribution >= 0.6 is 27.5 Å². The van der Waals surface area contributed by atoms with Crippen molar-refractivity contribution in [1.82, 2.24) is 4.98 Å². The Kier molecular flexibility index (Phi) is 3.45. The van der Waals surface area contributed by atoms with E-state index >= 15 is 0 Å². The van der Waals surface area contributed by atoms with Crippen molar-refractivity contribution in [3.8, 4) is 0 Å². The highest BCUT2D eigenvalue weighted by Crippen LogP contribution is 2.18. The van der Waals surface area contributed by atoms with Gasteiger partial charge in [-0.3, -0.25) is 0 Å². The highest BCUT2D eigenvalue weighted by Gasteiger charge is 1.99. The number of nitrogens with zero attached hydrogens (tertiary/aromatic N) is 1. The third-order valence-corrected chi connectivity index (χ3v) is 1.99. The zero-order valence-corrected chi connectivity index (χ0v) is 8.71. The lowest BCUT2D eigenvalue weighted by Gasteiger charge is -1.96. The smallest absolute Gasteiger partial charge is 0.328 e. The van der Waals surface area contributed by atoms with Crippen molar-refractivity contribution in [3.05, 3.63) is 33.5 Å². The van der Waals surface area contributed by atoms with E-state index in [0.29, 0.717) is 5.56 Å². The van der Waals surface area contributed by atoms with Crippen LogP contribution in [0.4, 0.5) is 0 Å². The molecule has 0 aliphatic heterocycles. The van der Waals surface area contributed by atoms with Gasteiger partial charge in [0, 0.05) is 22.3 Å². The molecule has 1 rings (SSSR count). The molecule has 1 N–H and O–H groups in total. The van der Waals surface area contributed by atoms with Crippen LogP contribution in [0.2, 0.25) is 5.15 Å². The summed E-state index contributed by atoms with van der Waals surface area (Å²) in [5, 5.41) is 8.65. The fraction of sp³-hybridized carbons (Fsp3) is 0. The molecule has 0 radical (unpaired) electrons. The maximum absolute atomic E-state index is 10.2. The molecule has 0 aliphatic carbocycles. The molecule has 1 heterocycles. The molecule has 1 aromatic heterocycles. The van der Waals surface area contributed by atoms with E-state index in [9.17, 15) is 4.79 Å². The summed E-state index contributed by atoms with van der Waals surface area (Å²) in [5.74, 6) is -1.02. The van der Waals surface area contributed by atoms with Crippen molar-refractivity contribution in [2.24, 2.45) is 0 Å². The summed E-state index contributed by atoms with van der Waals surface area (Å²) in [6.07, 6.45) is 3.94. The summed E-state index contributed by atoms with van der Waals surface area (Å²) in [6, 6.07) is 1.69. The van der Waals surface area contributed by atoms with Gasteiger partial charge in [0.25, 0.3) is 0 Å². The van der Waals surface area contributed by atoms with Crippen LogP contribution in [0.5, 0.6) is 0 Å². The van der Waals surface area contributed by atoms with E-state index in [1.807, 2.05) is 0 Å². The van der Waals surface area contributed by atoms with Crippen molar-refractivity contribution < 1.29 is 9.90 Å². The fourth-order valence-corrected chi connectivity index (χ4v) is 1.23. The van der Waals surface area contributed by atoms with Gasteiger partial charge in [0.1, 0.15) is 5.15 Å². The number of hydrogen-bond donors (Lipinski definition) is 1. The summed E-state index contributed by atoms with van der Waals surface area (Å²) in [7, 11) is 0. The van der Waals surface area contributed by atoms with E-state index in [4.69, 9.17) is 16.7 Å². The van der Waals surface area contributed by atoms with Gasteiger partial charge in [-0.2, -0.15) is 0 Å². The number of aromatic nitrogens is 1. The maximum Gasteiger partial charge on any atom is 0.328 e. The van der Waals surface area contributed by atoms with Crippen molar-refractivity contribution in [1.29, 1.82) is 0 Å². The summed E-state index contributed by atoms with van der Waals surface area (Å²) in [5.41, 5.74) is 0.568. The van der Waals surface area contributed by atoms with Gasteiger partial charge in [-0.15, -0.1) is 0 Å². The largest absolute Gasteiger partial charge is 0.478 e. The van der Waals surface area contributed by atoms with Gasteiger partial charge in [0.15, 0.2) is 0 Å². The second kappa shape index (κ2) is 4.39. The average molecular weight is 262 g/mol. The van der Waals surface area contributed by atoms with Crippen LogP contribution in [0.1, 0.15) is 5.56 Å². The monoisotopic (exact) mass is 261 g/mol. The molecule has 0 fully saturated rings. The third kappa shape index (κ3) is 3.16. The number of pyridine rings is 1. The van der Waals surface area contributed by atoms with Crippen molar-refractivity contribution in [3.63, 3.8) is 0 Å². The van der Waals surface area contributed by atoms with E-state index in [1.54, 1.807) is 12.3 Å². The standard InChI is InChI=1S/C8H5BrClNO2/c9-6-3-5(1-2-7(12)13)8(10)11-4-6/h1-4H,(H,12,13)/b2-1+. The van der Waals surface area contributed by atoms with Crippen LogP contribution in [0, 0.1) is 0 Å². The van der Waals surface area contributed by atoms with E-state index < -0.39 is 5.97 Å². The molecule has 5 heteroatoms. The second-order valence-corrected chi connectivity index (χ2v) is 3.48. The number of halogens is 2.